The normalized spacial score (nSPS) is 21.0. The maximum atomic E-state index is 12.4. The van der Waals surface area contributed by atoms with Crippen LogP contribution in [0.5, 0.6) is 0 Å². The van der Waals surface area contributed by atoms with Gasteiger partial charge in [-0.2, -0.15) is 5.10 Å². The molecule has 8 heteroatoms. The molecule has 1 N–H and O–H groups in total. The lowest BCUT2D eigenvalue weighted by atomic mass is 9.82. The van der Waals surface area contributed by atoms with Crippen LogP contribution >= 0.6 is 0 Å². The van der Waals surface area contributed by atoms with E-state index in [9.17, 15) is 9.59 Å². The number of hydrogen-bond donors (Lipinski definition) is 1. The summed E-state index contributed by atoms with van der Waals surface area (Å²) < 4.78 is 7.78. The Bertz CT molecular complexity index is 788. The molecule has 2 atom stereocenters. The van der Waals surface area contributed by atoms with Crippen LogP contribution in [0.3, 0.4) is 0 Å². The molecule has 1 saturated carbocycles. The second kappa shape index (κ2) is 6.62. The van der Waals surface area contributed by atoms with E-state index in [2.05, 4.69) is 15.6 Å². The first-order valence-electron chi connectivity index (χ1n) is 8.28. The zero-order valence-corrected chi connectivity index (χ0v) is 14.3. The summed E-state index contributed by atoms with van der Waals surface area (Å²) in [6.07, 6.45) is 6.22. The van der Waals surface area contributed by atoms with Crippen molar-refractivity contribution in [3.05, 3.63) is 33.8 Å². The Morgan fingerprint density at radius 2 is 2.12 bits per heavy atom. The Balaban J connectivity index is 1.73. The summed E-state index contributed by atoms with van der Waals surface area (Å²) in [4.78, 5) is 24.3. The smallest absolute Gasteiger partial charge is 0.345 e. The fourth-order valence-corrected chi connectivity index (χ4v) is 3.42. The van der Waals surface area contributed by atoms with Crippen LogP contribution < -0.4 is 11.0 Å². The highest BCUT2D eigenvalue weighted by Gasteiger charge is 2.29. The number of aryl methyl sites for hydroxylation is 2. The minimum Gasteiger partial charge on any atom is -0.364 e. The maximum Gasteiger partial charge on any atom is 0.345 e. The third-order valence-electron chi connectivity index (χ3n) is 4.88. The zero-order chi connectivity index (χ0) is 17.3. The van der Waals surface area contributed by atoms with Crippen LogP contribution in [0.4, 0.5) is 0 Å². The molecule has 1 amide bonds. The van der Waals surface area contributed by atoms with Gasteiger partial charge >= 0.3 is 5.69 Å². The summed E-state index contributed by atoms with van der Waals surface area (Å²) >= 11 is 0. The number of nitrogens with zero attached hydrogens (tertiary/aromatic N) is 4. The molecule has 0 aliphatic heterocycles. The number of hydrogen-bond acceptors (Lipinski definition) is 5. The lowest BCUT2D eigenvalue weighted by Gasteiger charge is -2.31. The van der Waals surface area contributed by atoms with Crippen LogP contribution in [0, 0.1) is 12.8 Å². The van der Waals surface area contributed by atoms with Crippen molar-refractivity contribution in [1.82, 2.24) is 24.8 Å². The molecule has 1 aliphatic carbocycles. The Kier molecular flexibility index (Phi) is 4.55. The van der Waals surface area contributed by atoms with Crippen molar-refractivity contribution in [2.75, 3.05) is 0 Å². The zero-order valence-electron chi connectivity index (χ0n) is 14.3. The van der Waals surface area contributed by atoms with Gasteiger partial charge in [0.25, 0.3) is 5.91 Å². The van der Waals surface area contributed by atoms with Crippen LogP contribution in [-0.4, -0.2) is 31.5 Å². The fourth-order valence-electron chi connectivity index (χ4n) is 3.42. The second-order valence-corrected chi connectivity index (χ2v) is 6.52. The molecule has 8 nitrogen and oxygen atoms in total. The van der Waals surface area contributed by atoms with Crippen LogP contribution in [0.2, 0.25) is 0 Å². The van der Waals surface area contributed by atoms with Gasteiger partial charge in [0.05, 0.1) is 5.69 Å². The summed E-state index contributed by atoms with van der Waals surface area (Å²) in [7, 11) is 3.39. The van der Waals surface area contributed by atoms with Gasteiger partial charge in [-0.3, -0.25) is 9.36 Å². The van der Waals surface area contributed by atoms with E-state index in [1.54, 1.807) is 25.6 Å². The number of amides is 1. The number of nitrogens with one attached hydrogen (secondary N) is 1. The van der Waals surface area contributed by atoms with Crippen LogP contribution in [0.15, 0.2) is 15.6 Å². The molecule has 3 rings (SSSR count). The molecule has 2 aromatic heterocycles. The highest BCUT2D eigenvalue weighted by molar-refractivity contribution is 5.95. The van der Waals surface area contributed by atoms with E-state index < -0.39 is 0 Å². The van der Waals surface area contributed by atoms with Gasteiger partial charge in [-0.05, 0) is 25.7 Å². The predicted octanol–water partition coefficient (Wildman–Crippen LogP) is 0.947. The second-order valence-electron chi connectivity index (χ2n) is 6.52. The van der Waals surface area contributed by atoms with Crippen molar-refractivity contribution in [3.63, 3.8) is 0 Å². The molecule has 0 spiro atoms. The molecule has 0 saturated heterocycles. The van der Waals surface area contributed by atoms with Crippen molar-refractivity contribution >= 4 is 5.91 Å². The van der Waals surface area contributed by atoms with E-state index in [0.29, 0.717) is 17.7 Å². The lowest BCUT2D eigenvalue weighted by Crippen LogP contribution is -2.43. The molecule has 0 unspecified atom stereocenters. The van der Waals surface area contributed by atoms with Crippen LogP contribution in [0.1, 0.15) is 47.6 Å². The van der Waals surface area contributed by atoms with E-state index in [1.165, 1.54) is 10.9 Å². The molecular formula is C16H23N5O3. The van der Waals surface area contributed by atoms with Crippen molar-refractivity contribution in [3.8, 4) is 0 Å². The van der Waals surface area contributed by atoms with Gasteiger partial charge in [-0.25, -0.2) is 9.48 Å². The first-order chi connectivity index (χ1) is 11.5. The average Bonchev–Trinajstić information content (AvgIpc) is 3.09. The van der Waals surface area contributed by atoms with Crippen molar-refractivity contribution < 1.29 is 9.32 Å². The molecule has 1 aliphatic rings. The quantitative estimate of drug-likeness (QED) is 0.899. The highest BCUT2D eigenvalue weighted by atomic mass is 16.5. The van der Waals surface area contributed by atoms with Gasteiger partial charge in [-0.1, -0.05) is 18.0 Å². The monoisotopic (exact) mass is 333 g/mol. The molecule has 24 heavy (non-hydrogen) atoms. The molecule has 0 bridgehead atoms. The lowest BCUT2D eigenvalue weighted by molar-refractivity contribution is 0.0903. The SMILES string of the molecule is Cc1nocc1C(=O)N[C@@H]1CCCC[C@@H]1Cc1nn(C)c(=O)n1C. The summed E-state index contributed by atoms with van der Waals surface area (Å²) in [6, 6.07) is 0.0673. The molecule has 130 valence electrons. The topological polar surface area (TPSA) is 95.0 Å². The molecule has 0 aromatic carbocycles. The van der Waals surface area contributed by atoms with Gasteiger partial charge in [0.2, 0.25) is 0 Å². The summed E-state index contributed by atoms with van der Waals surface area (Å²) in [5.74, 6) is 0.874. The first kappa shape index (κ1) is 16.5. The standard InChI is InChI=1S/C16H23N5O3/c1-10-12(9-24-19-10)15(22)17-13-7-5-4-6-11(13)8-14-18-21(3)16(23)20(14)2/h9,11,13H,4-8H2,1-3H3,(H,17,22)/t11-,13-/m1/s1. The molecule has 0 radical (unpaired) electrons. The number of carbonyl (C=O) groups is 1. The van der Waals surface area contributed by atoms with E-state index in [-0.39, 0.29) is 23.6 Å². The summed E-state index contributed by atoms with van der Waals surface area (Å²) in [5, 5.41) is 11.2. The van der Waals surface area contributed by atoms with E-state index >= 15 is 0 Å². The van der Waals surface area contributed by atoms with Gasteiger partial charge in [0.1, 0.15) is 17.7 Å². The van der Waals surface area contributed by atoms with Gasteiger partial charge in [-0.15, -0.1) is 0 Å². The minimum atomic E-state index is -0.152. The first-order valence-corrected chi connectivity index (χ1v) is 8.28. The third-order valence-corrected chi connectivity index (χ3v) is 4.88. The Labute approximate surface area is 139 Å². The van der Waals surface area contributed by atoms with Gasteiger partial charge in [0, 0.05) is 26.6 Å². The Hall–Kier alpha value is -2.38. The average molecular weight is 333 g/mol. The van der Waals surface area contributed by atoms with E-state index in [1.807, 2.05) is 0 Å². The number of rotatable bonds is 4. The van der Waals surface area contributed by atoms with Crippen molar-refractivity contribution in [2.24, 2.45) is 20.0 Å². The molecule has 2 heterocycles. The van der Waals surface area contributed by atoms with Crippen LogP contribution in [0.25, 0.3) is 0 Å². The third kappa shape index (κ3) is 3.13. The van der Waals surface area contributed by atoms with Crippen molar-refractivity contribution in [2.45, 2.75) is 45.1 Å². The van der Waals surface area contributed by atoms with E-state index in [0.717, 1.165) is 31.5 Å². The number of aromatic nitrogens is 4. The Morgan fingerprint density at radius 3 is 2.75 bits per heavy atom. The molecule has 1 fully saturated rings. The summed E-state index contributed by atoms with van der Waals surface area (Å²) in [6.45, 7) is 1.75. The van der Waals surface area contributed by atoms with Gasteiger partial charge < -0.3 is 9.84 Å². The fraction of sp³-hybridized carbons (Fsp3) is 0.625. The van der Waals surface area contributed by atoms with Crippen molar-refractivity contribution in [1.29, 1.82) is 0 Å². The van der Waals surface area contributed by atoms with Crippen LogP contribution in [-0.2, 0) is 20.5 Å². The largest absolute Gasteiger partial charge is 0.364 e. The molecule has 2 aromatic rings. The highest BCUT2D eigenvalue weighted by Crippen LogP contribution is 2.27. The Morgan fingerprint density at radius 1 is 1.38 bits per heavy atom. The number of carbonyl (C=O) groups excluding carboxylic acids is 1. The minimum absolute atomic E-state index is 0.0673. The summed E-state index contributed by atoms with van der Waals surface area (Å²) in [5.41, 5.74) is 0.943. The molecular weight excluding hydrogens is 310 g/mol. The van der Waals surface area contributed by atoms with E-state index in [4.69, 9.17) is 4.52 Å². The predicted molar refractivity (Wildman–Crippen MR) is 86.6 cm³/mol. The van der Waals surface area contributed by atoms with Gasteiger partial charge in [0.15, 0.2) is 0 Å². The maximum absolute atomic E-state index is 12.4.